The second-order valence-electron chi connectivity index (χ2n) is 3.97. The SMILES string of the molecule is CCOC(=O)CSC(C)C(=O)Nc1ccc(F)c(F)c1F. The van der Waals surface area contributed by atoms with Gasteiger partial charge in [0, 0.05) is 0 Å². The number of rotatable bonds is 6. The van der Waals surface area contributed by atoms with Crippen LogP contribution in [0.15, 0.2) is 12.1 Å². The van der Waals surface area contributed by atoms with E-state index in [0.717, 1.165) is 17.8 Å². The Morgan fingerprint density at radius 1 is 1.29 bits per heavy atom. The highest BCUT2D eigenvalue weighted by atomic mass is 32.2. The van der Waals surface area contributed by atoms with Crippen molar-refractivity contribution in [2.24, 2.45) is 0 Å². The van der Waals surface area contributed by atoms with Gasteiger partial charge in [0.15, 0.2) is 17.5 Å². The third-order valence-corrected chi connectivity index (χ3v) is 3.54. The van der Waals surface area contributed by atoms with Crippen LogP contribution in [0, 0.1) is 17.5 Å². The maximum atomic E-state index is 13.4. The van der Waals surface area contributed by atoms with Gasteiger partial charge in [-0.25, -0.2) is 13.2 Å². The van der Waals surface area contributed by atoms with Crippen LogP contribution in [0.5, 0.6) is 0 Å². The first kappa shape index (κ1) is 17.4. The lowest BCUT2D eigenvalue weighted by Gasteiger charge is -2.12. The summed E-state index contributed by atoms with van der Waals surface area (Å²) < 4.78 is 43.9. The van der Waals surface area contributed by atoms with E-state index < -0.39 is 40.3 Å². The highest BCUT2D eigenvalue weighted by Crippen LogP contribution is 2.21. The molecule has 1 aromatic rings. The molecule has 1 amide bonds. The molecule has 0 aliphatic heterocycles. The maximum Gasteiger partial charge on any atom is 0.315 e. The Balaban J connectivity index is 2.60. The Kier molecular flexibility index (Phi) is 6.54. The fraction of sp³-hybridized carbons (Fsp3) is 0.385. The van der Waals surface area contributed by atoms with Crippen LogP contribution in [0.1, 0.15) is 13.8 Å². The predicted molar refractivity (Wildman–Crippen MR) is 73.5 cm³/mol. The standard InChI is InChI=1S/C13H14F3NO3S/c1-3-20-10(18)6-21-7(2)13(19)17-9-5-4-8(14)11(15)12(9)16/h4-5,7H,3,6H2,1-2H3,(H,17,19). The Labute approximate surface area is 124 Å². The van der Waals surface area contributed by atoms with Gasteiger partial charge in [0.1, 0.15) is 0 Å². The molecule has 0 aliphatic carbocycles. The van der Waals surface area contributed by atoms with Crippen LogP contribution in [0.3, 0.4) is 0 Å². The van der Waals surface area contributed by atoms with Crippen LogP contribution in [-0.2, 0) is 14.3 Å². The molecule has 4 nitrogen and oxygen atoms in total. The van der Waals surface area contributed by atoms with Crippen molar-refractivity contribution in [3.63, 3.8) is 0 Å². The first-order valence-corrected chi connectivity index (χ1v) is 7.13. The molecule has 21 heavy (non-hydrogen) atoms. The predicted octanol–water partition coefficient (Wildman–Crippen LogP) is 2.73. The fourth-order valence-electron chi connectivity index (χ4n) is 1.33. The van der Waals surface area contributed by atoms with Crippen LogP contribution in [-0.4, -0.2) is 29.5 Å². The minimum atomic E-state index is -1.65. The molecule has 1 rings (SSSR count). The molecule has 0 aliphatic rings. The quantitative estimate of drug-likeness (QED) is 0.646. The van der Waals surface area contributed by atoms with Crippen molar-refractivity contribution in [2.45, 2.75) is 19.1 Å². The number of amides is 1. The van der Waals surface area contributed by atoms with Crippen LogP contribution in [0.25, 0.3) is 0 Å². The Hall–Kier alpha value is -1.70. The molecular weight excluding hydrogens is 307 g/mol. The Morgan fingerprint density at radius 3 is 2.57 bits per heavy atom. The first-order valence-electron chi connectivity index (χ1n) is 6.08. The summed E-state index contributed by atoms with van der Waals surface area (Å²) in [5.74, 6) is -5.60. The average Bonchev–Trinajstić information content (AvgIpc) is 2.45. The Bertz CT molecular complexity index is 540. The fourth-order valence-corrected chi connectivity index (χ4v) is 2.01. The van der Waals surface area contributed by atoms with E-state index >= 15 is 0 Å². The zero-order valence-electron chi connectivity index (χ0n) is 11.4. The molecule has 0 aromatic heterocycles. The van der Waals surface area contributed by atoms with Crippen molar-refractivity contribution in [2.75, 3.05) is 17.7 Å². The van der Waals surface area contributed by atoms with Crippen molar-refractivity contribution in [1.29, 1.82) is 0 Å². The summed E-state index contributed by atoms with van der Waals surface area (Å²) in [6, 6.07) is 1.64. The van der Waals surface area contributed by atoms with E-state index in [9.17, 15) is 22.8 Å². The minimum Gasteiger partial charge on any atom is -0.465 e. The third kappa shape index (κ3) is 4.96. The average molecular weight is 321 g/mol. The molecule has 0 saturated heterocycles. The van der Waals surface area contributed by atoms with Gasteiger partial charge in [0.05, 0.1) is 23.3 Å². The zero-order valence-corrected chi connectivity index (χ0v) is 12.2. The third-order valence-electron chi connectivity index (χ3n) is 2.42. The molecule has 116 valence electrons. The van der Waals surface area contributed by atoms with E-state index in [1.54, 1.807) is 6.92 Å². The number of ether oxygens (including phenoxy) is 1. The van der Waals surface area contributed by atoms with Gasteiger partial charge in [-0.3, -0.25) is 9.59 Å². The molecule has 0 saturated carbocycles. The van der Waals surface area contributed by atoms with E-state index in [-0.39, 0.29) is 12.4 Å². The van der Waals surface area contributed by atoms with Gasteiger partial charge >= 0.3 is 5.97 Å². The summed E-state index contributed by atoms with van der Waals surface area (Å²) in [4.78, 5) is 22.9. The van der Waals surface area contributed by atoms with Gasteiger partial charge in [0.2, 0.25) is 5.91 Å². The number of benzene rings is 1. The number of thioether (sulfide) groups is 1. The van der Waals surface area contributed by atoms with Crippen LogP contribution in [0.4, 0.5) is 18.9 Å². The Morgan fingerprint density at radius 2 is 1.95 bits per heavy atom. The number of nitrogens with one attached hydrogen (secondary N) is 1. The topological polar surface area (TPSA) is 55.4 Å². The van der Waals surface area contributed by atoms with E-state index in [0.29, 0.717) is 6.07 Å². The lowest BCUT2D eigenvalue weighted by Crippen LogP contribution is -2.24. The van der Waals surface area contributed by atoms with Gasteiger partial charge in [-0.05, 0) is 26.0 Å². The number of carbonyl (C=O) groups is 2. The van der Waals surface area contributed by atoms with Crippen LogP contribution in [0.2, 0.25) is 0 Å². The summed E-state index contributed by atoms with van der Waals surface area (Å²) in [5.41, 5.74) is -0.456. The lowest BCUT2D eigenvalue weighted by atomic mass is 10.2. The molecule has 0 spiro atoms. The molecule has 0 bridgehead atoms. The second-order valence-corrected chi connectivity index (χ2v) is 5.30. The van der Waals surface area contributed by atoms with Gasteiger partial charge < -0.3 is 10.1 Å². The summed E-state index contributed by atoms with van der Waals surface area (Å²) in [5, 5.41) is 1.45. The smallest absolute Gasteiger partial charge is 0.315 e. The van der Waals surface area contributed by atoms with E-state index in [4.69, 9.17) is 4.74 Å². The summed E-state index contributed by atoms with van der Waals surface area (Å²) in [6.45, 7) is 3.39. The molecule has 0 heterocycles. The highest BCUT2D eigenvalue weighted by Gasteiger charge is 2.19. The van der Waals surface area contributed by atoms with E-state index in [1.165, 1.54) is 6.92 Å². The number of carbonyl (C=O) groups excluding carboxylic acids is 2. The number of esters is 1. The normalized spacial score (nSPS) is 11.9. The monoisotopic (exact) mass is 321 g/mol. The molecule has 0 radical (unpaired) electrons. The van der Waals surface area contributed by atoms with Crippen molar-refractivity contribution in [1.82, 2.24) is 0 Å². The maximum absolute atomic E-state index is 13.4. The van der Waals surface area contributed by atoms with Gasteiger partial charge in [0.25, 0.3) is 0 Å². The molecule has 8 heteroatoms. The summed E-state index contributed by atoms with van der Waals surface area (Å²) >= 11 is 0.988. The largest absolute Gasteiger partial charge is 0.465 e. The van der Waals surface area contributed by atoms with Crippen molar-refractivity contribution < 1.29 is 27.5 Å². The van der Waals surface area contributed by atoms with Crippen molar-refractivity contribution in [3.8, 4) is 0 Å². The number of halogens is 3. The zero-order chi connectivity index (χ0) is 16.0. The molecule has 0 fully saturated rings. The lowest BCUT2D eigenvalue weighted by molar-refractivity contribution is -0.139. The van der Waals surface area contributed by atoms with Crippen LogP contribution < -0.4 is 5.32 Å². The number of hydrogen-bond donors (Lipinski definition) is 1. The van der Waals surface area contributed by atoms with Gasteiger partial charge in [-0.15, -0.1) is 11.8 Å². The van der Waals surface area contributed by atoms with E-state index in [2.05, 4.69) is 5.32 Å². The molecule has 1 atom stereocenters. The van der Waals surface area contributed by atoms with E-state index in [1.807, 2.05) is 0 Å². The highest BCUT2D eigenvalue weighted by molar-refractivity contribution is 8.01. The number of hydrogen-bond acceptors (Lipinski definition) is 4. The summed E-state index contributed by atoms with van der Waals surface area (Å²) in [6.07, 6.45) is 0. The van der Waals surface area contributed by atoms with Crippen molar-refractivity contribution in [3.05, 3.63) is 29.6 Å². The van der Waals surface area contributed by atoms with Gasteiger partial charge in [-0.2, -0.15) is 0 Å². The van der Waals surface area contributed by atoms with Gasteiger partial charge in [-0.1, -0.05) is 0 Å². The first-order chi connectivity index (χ1) is 9.86. The summed E-state index contributed by atoms with van der Waals surface area (Å²) in [7, 11) is 0. The van der Waals surface area contributed by atoms with Crippen LogP contribution >= 0.6 is 11.8 Å². The second kappa shape index (κ2) is 7.92. The molecule has 1 N–H and O–H groups in total. The van der Waals surface area contributed by atoms with Crippen molar-refractivity contribution >= 4 is 29.3 Å². The molecular formula is C13H14F3NO3S. The minimum absolute atomic E-state index is 0.0390. The molecule has 1 aromatic carbocycles. The number of anilines is 1. The molecule has 1 unspecified atom stereocenters.